The number of ether oxygens (including phenoxy) is 9. The fraction of sp³-hybridized carbons (Fsp3) is 0.548. The average Bonchev–Trinajstić information content (AvgIpc) is 3.34. The van der Waals surface area contributed by atoms with Crippen molar-refractivity contribution in [2.45, 2.75) is 68.1 Å². The minimum absolute atomic E-state index is 0.00106. The average molecular weight is 683 g/mol. The predicted molar refractivity (Wildman–Crippen MR) is 157 cm³/mol. The molecule has 0 spiro atoms. The van der Waals surface area contributed by atoms with Crippen molar-refractivity contribution >= 4 is 11.9 Å². The molecule has 3 aliphatic heterocycles. The monoisotopic (exact) mass is 682 g/mol. The quantitative estimate of drug-likeness (QED) is 0.156. The van der Waals surface area contributed by atoms with Crippen LogP contribution < -0.4 is 18.9 Å². The van der Waals surface area contributed by atoms with E-state index < -0.39 is 92.3 Å². The molecule has 0 saturated carbocycles. The molecule has 2 aromatic carbocycles. The molecule has 17 nitrogen and oxygen atoms in total. The van der Waals surface area contributed by atoms with Crippen molar-refractivity contribution in [2.24, 2.45) is 0 Å². The molecule has 9 atom stereocenters. The fourth-order valence-electron chi connectivity index (χ4n) is 5.59. The Kier molecular flexibility index (Phi) is 10.5. The van der Waals surface area contributed by atoms with Crippen LogP contribution in [0.1, 0.15) is 33.2 Å². The van der Waals surface area contributed by atoms with E-state index in [2.05, 4.69) is 0 Å². The van der Waals surface area contributed by atoms with Gasteiger partial charge < -0.3 is 73.3 Å². The zero-order valence-electron chi connectivity index (χ0n) is 26.4. The van der Waals surface area contributed by atoms with Gasteiger partial charge in [0.1, 0.15) is 60.3 Å². The lowest BCUT2D eigenvalue weighted by molar-refractivity contribution is -0.289. The Morgan fingerprint density at radius 3 is 2.29 bits per heavy atom. The van der Waals surface area contributed by atoms with E-state index >= 15 is 0 Å². The van der Waals surface area contributed by atoms with Crippen LogP contribution in [0, 0.1) is 0 Å². The molecule has 2 saturated heterocycles. The number of esters is 2. The van der Waals surface area contributed by atoms with Crippen LogP contribution in [-0.4, -0.2) is 139 Å². The van der Waals surface area contributed by atoms with Gasteiger partial charge >= 0.3 is 11.9 Å². The highest BCUT2D eigenvalue weighted by atomic mass is 16.7. The predicted octanol–water partition coefficient (Wildman–Crippen LogP) is -0.972. The normalized spacial score (nSPS) is 31.4. The van der Waals surface area contributed by atoms with Crippen molar-refractivity contribution in [3.05, 3.63) is 41.0 Å². The highest BCUT2D eigenvalue weighted by molar-refractivity contribution is 5.95. The van der Waals surface area contributed by atoms with Gasteiger partial charge in [0.25, 0.3) is 0 Å². The number of hydrogen-bond acceptors (Lipinski definition) is 17. The summed E-state index contributed by atoms with van der Waals surface area (Å²) in [5.41, 5.74) is -1.66. The van der Waals surface area contributed by atoms with Crippen LogP contribution >= 0.6 is 0 Å². The van der Waals surface area contributed by atoms with Crippen LogP contribution in [-0.2, 0) is 30.1 Å². The molecular formula is C31H38O17. The number of benzene rings is 2. The number of methoxy groups -OCH3 is 3. The van der Waals surface area contributed by atoms with Gasteiger partial charge in [-0.05, 0) is 30.7 Å². The number of aliphatic hydroxyl groups is 5. The topological polar surface area (TPSA) is 239 Å². The van der Waals surface area contributed by atoms with E-state index in [1.807, 2.05) is 0 Å². The maximum Gasteiger partial charge on any atom is 0.342 e. The lowest BCUT2D eigenvalue weighted by Gasteiger charge is -2.40. The van der Waals surface area contributed by atoms with Crippen molar-refractivity contribution in [1.29, 1.82) is 0 Å². The second kappa shape index (κ2) is 14.3. The molecule has 0 bridgehead atoms. The lowest BCUT2D eigenvalue weighted by atomic mass is 9.97. The van der Waals surface area contributed by atoms with Crippen LogP contribution in [0.2, 0.25) is 0 Å². The summed E-state index contributed by atoms with van der Waals surface area (Å²) in [6, 6.07) is 5.28. The molecule has 3 heterocycles. The van der Waals surface area contributed by atoms with Gasteiger partial charge in [0.2, 0.25) is 12.0 Å². The van der Waals surface area contributed by atoms with Crippen LogP contribution in [0.3, 0.4) is 0 Å². The Morgan fingerprint density at radius 1 is 0.958 bits per heavy atom. The second-order valence-electron chi connectivity index (χ2n) is 11.6. The maximum absolute atomic E-state index is 12.8. The van der Waals surface area contributed by atoms with Crippen LogP contribution in [0.5, 0.6) is 28.7 Å². The van der Waals surface area contributed by atoms with Gasteiger partial charge in [0, 0.05) is 12.5 Å². The molecule has 6 N–H and O–H groups in total. The van der Waals surface area contributed by atoms with E-state index in [1.165, 1.54) is 39.5 Å². The van der Waals surface area contributed by atoms with Gasteiger partial charge in [0.15, 0.2) is 23.4 Å². The van der Waals surface area contributed by atoms with Crippen molar-refractivity contribution < 1.29 is 82.9 Å². The number of cyclic esters (lactones) is 1. The van der Waals surface area contributed by atoms with Crippen molar-refractivity contribution in [1.82, 2.24) is 0 Å². The summed E-state index contributed by atoms with van der Waals surface area (Å²) in [6.07, 6.45) is -11.5. The molecule has 48 heavy (non-hydrogen) atoms. The van der Waals surface area contributed by atoms with E-state index in [4.69, 9.17) is 42.6 Å². The number of rotatable bonds is 11. The molecule has 0 radical (unpaired) electrons. The van der Waals surface area contributed by atoms with Gasteiger partial charge in [-0.1, -0.05) is 0 Å². The Hall–Kier alpha value is -3.94. The largest absolute Gasteiger partial charge is 0.507 e. The Labute approximate surface area is 274 Å². The molecule has 0 aliphatic carbocycles. The summed E-state index contributed by atoms with van der Waals surface area (Å²) < 4.78 is 48.4. The van der Waals surface area contributed by atoms with Crippen LogP contribution in [0.4, 0.5) is 0 Å². The van der Waals surface area contributed by atoms with E-state index in [-0.39, 0.29) is 40.5 Å². The van der Waals surface area contributed by atoms with E-state index in [9.17, 15) is 40.2 Å². The van der Waals surface area contributed by atoms with Gasteiger partial charge in [-0.25, -0.2) is 9.59 Å². The molecule has 0 aromatic heterocycles. The summed E-state index contributed by atoms with van der Waals surface area (Å²) in [5, 5.41) is 63.8. The van der Waals surface area contributed by atoms with E-state index in [0.717, 1.165) is 6.07 Å². The molecule has 2 aromatic rings. The minimum atomic E-state index is -2.09. The van der Waals surface area contributed by atoms with Crippen molar-refractivity contribution in [3.63, 3.8) is 0 Å². The van der Waals surface area contributed by atoms with Gasteiger partial charge in [0.05, 0.1) is 40.1 Å². The van der Waals surface area contributed by atoms with Gasteiger partial charge in [-0.15, -0.1) is 0 Å². The summed E-state index contributed by atoms with van der Waals surface area (Å²) in [6.45, 7) is -0.0435. The smallest absolute Gasteiger partial charge is 0.342 e. The number of phenolic OH excluding ortho intramolecular Hbond substituents is 1. The Balaban J connectivity index is 1.19. The Bertz CT molecular complexity index is 1470. The first-order valence-electron chi connectivity index (χ1n) is 14.8. The Morgan fingerprint density at radius 2 is 1.65 bits per heavy atom. The summed E-state index contributed by atoms with van der Waals surface area (Å²) >= 11 is 0. The number of carbonyl (C=O) groups excluding carboxylic acids is 2. The SMILES string of the molecule is COc1cc(C(=O)OC[C@]2(O)CO[C@@H](OC[C@H]3O[C@H](Oc4cc(O)c5c(c4)C[C@@H](C)OC5=O)[C@H](O)[C@@H](O)[C@@H]3O)[C@H]2O)cc(OC)c1OC. The third kappa shape index (κ3) is 6.94. The lowest BCUT2D eigenvalue weighted by Crippen LogP contribution is -2.60. The molecule has 264 valence electrons. The number of aromatic hydroxyl groups is 1. The fourth-order valence-corrected chi connectivity index (χ4v) is 5.59. The molecule has 17 heteroatoms. The first-order valence-corrected chi connectivity index (χ1v) is 14.8. The number of hydrogen-bond donors (Lipinski definition) is 6. The first kappa shape index (κ1) is 35.4. The zero-order chi connectivity index (χ0) is 34.9. The number of carbonyl (C=O) groups is 2. The third-order valence-corrected chi connectivity index (χ3v) is 8.20. The van der Waals surface area contributed by atoms with Crippen molar-refractivity contribution in [2.75, 3.05) is 41.2 Å². The number of fused-ring (bicyclic) bond motifs is 1. The second-order valence-corrected chi connectivity index (χ2v) is 11.6. The molecular weight excluding hydrogens is 644 g/mol. The zero-order valence-corrected chi connectivity index (χ0v) is 26.4. The third-order valence-electron chi connectivity index (χ3n) is 8.20. The van der Waals surface area contributed by atoms with Gasteiger partial charge in [-0.2, -0.15) is 0 Å². The molecule has 3 aliphatic rings. The molecule has 0 amide bonds. The van der Waals surface area contributed by atoms with Gasteiger partial charge in [-0.3, -0.25) is 0 Å². The highest BCUT2D eigenvalue weighted by Crippen LogP contribution is 2.39. The van der Waals surface area contributed by atoms with E-state index in [0.29, 0.717) is 5.56 Å². The first-order chi connectivity index (χ1) is 22.8. The highest BCUT2D eigenvalue weighted by Gasteiger charge is 2.51. The van der Waals surface area contributed by atoms with E-state index in [1.54, 1.807) is 6.92 Å². The number of aliphatic hydroxyl groups excluding tert-OH is 4. The van der Waals surface area contributed by atoms with Crippen LogP contribution in [0.15, 0.2) is 24.3 Å². The summed E-state index contributed by atoms with van der Waals surface area (Å²) in [7, 11) is 4.14. The van der Waals surface area contributed by atoms with Crippen LogP contribution in [0.25, 0.3) is 0 Å². The molecule has 2 fully saturated rings. The number of phenols is 1. The minimum Gasteiger partial charge on any atom is -0.507 e. The summed E-state index contributed by atoms with van der Waals surface area (Å²) in [4.78, 5) is 25.0. The molecule has 0 unspecified atom stereocenters. The van der Waals surface area contributed by atoms with Crippen molar-refractivity contribution in [3.8, 4) is 28.7 Å². The maximum atomic E-state index is 12.8. The molecule has 5 rings (SSSR count). The summed E-state index contributed by atoms with van der Waals surface area (Å²) in [5.74, 6) is -1.35. The standard InChI is InChI=1S/C31H38O17/c1-13-5-14-6-16(9-17(32)21(14)28(38)46-13)47-29-24(35)23(34)22(33)20(48-29)10-43-30-26(36)31(39,12-45-30)11-44-27(37)15-7-18(40-2)25(42-4)19(8-15)41-3/h6-9,13,20,22-24,26,29-30,32-36,39H,5,10-12H2,1-4H3/t13-,20-,22-,23+,24-,26-,29+,30-,31+/m1/s1.